The topological polar surface area (TPSA) is 113 Å². The average Bonchev–Trinajstić information content (AvgIpc) is 3.30. The van der Waals surface area contributed by atoms with Crippen molar-refractivity contribution in [2.24, 2.45) is 0 Å². The zero-order valence-electron chi connectivity index (χ0n) is 14.5. The minimum absolute atomic E-state index is 0.0116. The first-order valence-corrected chi connectivity index (χ1v) is 10.4. The number of aromatic amines is 1. The van der Waals surface area contributed by atoms with Crippen LogP contribution in [0, 0.1) is 11.3 Å². The van der Waals surface area contributed by atoms with Crippen molar-refractivity contribution in [2.45, 2.75) is 35.5 Å². The smallest absolute Gasteiger partial charge is 0.344 e. The summed E-state index contributed by atoms with van der Waals surface area (Å²) in [5.41, 5.74) is 0.369. The van der Waals surface area contributed by atoms with Crippen LogP contribution in [0.4, 0.5) is 5.69 Å². The minimum atomic E-state index is -0.299. The lowest BCUT2D eigenvalue weighted by atomic mass is 10.2. The van der Waals surface area contributed by atoms with E-state index in [1.807, 2.05) is 18.2 Å². The van der Waals surface area contributed by atoms with E-state index in [0.717, 1.165) is 17.7 Å². The van der Waals surface area contributed by atoms with E-state index in [2.05, 4.69) is 21.6 Å². The van der Waals surface area contributed by atoms with Crippen LogP contribution in [-0.4, -0.2) is 44.9 Å². The molecule has 0 radical (unpaired) electrons. The van der Waals surface area contributed by atoms with Gasteiger partial charge in [0, 0.05) is 11.5 Å². The van der Waals surface area contributed by atoms with Crippen LogP contribution in [0.1, 0.15) is 12.8 Å². The first-order chi connectivity index (χ1) is 13.2. The second kappa shape index (κ2) is 9.64. The summed E-state index contributed by atoms with van der Waals surface area (Å²) < 4.78 is 7.09. The van der Waals surface area contributed by atoms with Crippen molar-refractivity contribution in [2.75, 3.05) is 23.4 Å². The van der Waals surface area contributed by atoms with E-state index in [1.165, 1.54) is 28.1 Å². The van der Waals surface area contributed by atoms with E-state index in [-0.39, 0.29) is 23.5 Å². The summed E-state index contributed by atoms with van der Waals surface area (Å²) in [5.74, 6) is 0.224. The van der Waals surface area contributed by atoms with Gasteiger partial charge in [0.2, 0.25) is 5.91 Å². The first-order valence-electron chi connectivity index (χ1n) is 8.45. The van der Waals surface area contributed by atoms with Crippen LogP contribution < -0.4 is 11.0 Å². The highest BCUT2D eigenvalue weighted by Gasteiger charge is 2.20. The molecule has 0 unspecified atom stereocenters. The van der Waals surface area contributed by atoms with E-state index in [0.29, 0.717) is 29.7 Å². The molecule has 10 heteroatoms. The van der Waals surface area contributed by atoms with Gasteiger partial charge in [-0.3, -0.25) is 9.36 Å². The Labute approximate surface area is 164 Å². The third-order valence-electron chi connectivity index (χ3n) is 3.92. The Bertz CT molecular complexity index is 883. The monoisotopic (exact) mass is 405 g/mol. The summed E-state index contributed by atoms with van der Waals surface area (Å²) in [6.45, 7) is 1.15. The van der Waals surface area contributed by atoms with Gasteiger partial charge in [0.15, 0.2) is 5.16 Å². The van der Waals surface area contributed by atoms with Crippen LogP contribution in [0.25, 0.3) is 0 Å². The zero-order valence-corrected chi connectivity index (χ0v) is 16.1. The predicted molar refractivity (Wildman–Crippen MR) is 104 cm³/mol. The molecule has 1 aromatic heterocycles. The summed E-state index contributed by atoms with van der Waals surface area (Å²) in [6, 6.07) is 9.41. The number of ether oxygens (including phenoxy) is 1. The largest absolute Gasteiger partial charge is 0.376 e. The molecule has 1 amide bonds. The molecule has 3 rings (SSSR count). The number of nitriles is 1. The van der Waals surface area contributed by atoms with Crippen LogP contribution in [0.3, 0.4) is 0 Å². The molecule has 1 fully saturated rings. The van der Waals surface area contributed by atoms with Gasteiger partial charge in [-0.05, 0) is 25.0 Å². The third kappa shape index (κ3) is 5.38. The Kier molecular flexibility index (Phi) is 6.98. The van der Waals surface area contributed by atoms with Crippen molar-refractivity contribution in [3.8, 4) is 6.07 Å². The number of rotatable bonds is 8. The predicted octanol–water partition coefficient (Wildman–Crippen LogP) is 2.10. The number of para-hydroxylation sites is 1. The van der Waals surface area contributed by atoms with Crippen molar-refractivity contribution >= 4 is 35.1 Å². The fraction of sp³-hybridized carbons (Fsp3) is 0.412. The number of anilines is 1. The number of hydrogen-bond donors (Lipinski definition) is 2. The van der Waals surface area contributed by atoms with E-state index >= 15 is 0 Å². The minimum Gasteiger partial charge on any atom is -0.376 e. The molecule has 142 valence electrons. The molecule has 1 saturated heterocycles. The number of thioether (sulfide) groups is 2. The molecule has 0 saturated carbocycles. The number of H-pyrrole nitrogens is 1. The molecule has 27 heavy (non-hydrogen) atoms. The second-order valence-corrected chi connectivity index (χ2v) is 7.80. The van der Waals surface area contributed by atoms with Crippen molar-refractivity contribution in [3.63, 3.8) is 0 Å². The molecule has 0 bridgehead atoms. The van der Waals surface area contributed by atoms with E-state index < -0.39 is 0 Å². The highest BCUT2D eigenvalue weighted by atomic mass is 32.2. The highest BCUT2D eigenvalue weighted by molar-refractivity contribution is 8.00. The maximum absolute atomic E-state index is 12.3. The van der Waals surface area contributed by atoms with Gasteiger partial charge in [-0.2, -0.15) is 5.26 Å². The average molecular weight is 406 g/mol. The summed E-state index contributed by atoms with van der Waals surface area (Å²) >= 11 is 2.56. The first kappa shape index (κ1) is 19.5. The number of nitrogens with one attached hydrogen (secondary N) is 2. The van der Waals surface area contributed by atoms with Crippen molar-refractivity contribution in [1.29, 1.82) is 5.26 Å². The van der Waals surface area contributed by atoms with Crippen molar-refractivity contribution < 1.29 is 9.53 Å². The van der Waals surface area contributed by atoms with Crippen LogP contribution >= 0.6 is 23.5 Å². The van der Waals surface area contributed by atoms with Gasteiger partial charge in [-0.15, -0.1) is 16.9 Å². The molecule has 0 spiro atoms. The number of nitrogens with zero attached hydrogens (tertiary/aromatic N) is 3. The van der Waals surface area contributed by atoms with E-state index in [1.54, 1.807) is 6.07 Å². The Morgan fingerprint density at radius 1 is 1.44 bits per heavy atom. The zero-order chi connectivity index (χ0) is 19.1. The maximum atomic E-state index is 12.3. The summed E-state index contributed by atoms with van der Waals surface area (Å²) in [4.78, 5) is 25.1. The fourth-order valence-corrected chi connectivity index (χ4v) is 4.11. The van der Waals surface area contributed by atoms with Crippen LogP contribution in [0.15, 0.2) is 39.1 Å². The quantitative estimate of drug-likeness (QED) is 0.647. The Morgan fingerprint density at radius 3 is 3.07 bits per heavy atom. The summed E-state index contributed by atoms with van der Waals surface area (Å²) in [7, 11) is 0. The van der Waals surface area contributed by atoms with Gasteiger partial charge in [0.05, 0.1) is 35.9 Å². The number of hydrogen-bond acceptors (Lipinski definition) is 7. The van der Waals surface area contributed by atoms with Crippen LogP contribution in [-0.2, 0) is 16.1 Å². The Hall–Kier alpha value is -2.22. The fourth-order valence-electron chi connectivity index (χ4n) is 2.69. The number of carbonyl (C=O) groups excluding carboxylic acids is 1. The van der Waals surface area contributed by atoms with E-state index in [4.69, 9.17) is 10.00 Å². The number of carbonyl (C=O) groups is 1. The Balaban J connectivity index is 1.59. The van der Waals surface area contributed by atoms with Gasteiger partial charge < -0.3 is 10.1 Å². The van der Waals surface area contributed by atoms with Gasteiger partial charge in [0.25, 0.3) is 0 Å². The second-order valence-electron chi connectivity index (χ2n) is 5.84. The lowest BCUT2D eigenvalue weighted by molar-refractivity contribution is -0.113. The highest BCUT2D eigenvalue weighted by Crippen LogP contribution is 2.27. The normalized spacial score (nSPS) is 16.2. The molecule has 0 aliphatic carbocycles. The van der Waals surface area contributed by atoms with Crippen molar-refractivity contribution in [3.05, 3.63) is 34.7 Å². The molecule has 8 nitrogen and oxygen atoms in total. The lowest BCUT2D eigenvalue weighted by Gasteiger charge is -2.11. The molecule has 1 aliphatic heterocycles. The lowest BCUT2D eigenvalue weighted by Crippen LogP contribution is -2.25. The van der Waals surface area contributed by atoms with Gasteiger partial charge in [-0.1, -0.05) is 23.9 Å². The number of aromatic nitrogens is 3. The SMILES string of the molecule is N#CCSc1ccccc1NC(=O)CSc1n[nH]c(=O)n1C[C@H]1CCCO1. The van der Waals surface area contributed by atoms with Gasteiger partial charge in [-0.25, -0.2) is 9.89 Å². The maximum Gasteiger partial charge on any atom is 0.344 e. The molecule has 2 aromatic rings. The van der Waals surface area contributed by atoms with Gasteiger partial charge >= 0.3 is 5.69 Å². The van der Waals surface area contributed by atoms with Gasteiger partial charge in [0.1, 0.15) is 0 Å². The summed E-state index contributed by atoms with van der Waals surface area (Å²) in [5, 5.41) is 18.5. The van der Waals surface area contributed by atoms with E-state index in [9.17, 15) is 9.59 Å². The third-order valence-corrected chi connectivity index (χ3v) is 5.84. The van der Waals surface area contributed by atoms with Crippen LogP contribution in [0.5, 0.6) is 0 Å². The molecular weight excluding hydrogens is 386 g/mol. The molecule has 1 aromatic carbocycles. The molecule has 2 heterocycles. The van der Waals surface area contributed by atoms with Crippen molar-refractivity contribution in [1.82, 2.24) is 14.8 Å². The molecule has 2 N–H and O–H groups in total. The summed E-state index contributed by atoms with van der Waals surface area (Å²) in [6.07, 6.45) is 1.92. The number of benzene rings is 1. The van der Waals surface area contributed by atoms with Crippen LogP contribution in [0.2, 0.25) is 0 Å². The molecule has 1 aliphatic rings. The number of amides is 1. The molecule has 1 atom stereocenters. The Morgan fingerprint density at radius 2 is 2.30 bits per heavy atom. The standard InChI is InChI=1S/C17H19N5O3S2/c18-7-9-26-14-6-2-1-5-13(14)19-15(23)11-27-17-21-20-16(24)22(17)10-12-4-3-8-25-12/h1-2,5-6,12H,3-4,8-11H2,(H,19,23)(H,20,24)/t12-/m1/s1. The molecular formula is C17H19N5O3S2.